The standard InChI is InChI=1S/C17H30N2/c1-2-8-17(7-1)9-11-19(12-10-17)16-6-3-14(16)13-18-15-4-5-15/h14-16,18H,1-13H2. The van der Waals surface area contributed by atoms with Gasteiger partial charge in [-0.2, -0.15) is 0 Å². The van der Waals surface area contributed by atoms with Crippen molar-refractivity contribution in [1.29, 1.82) is 0 Å². The second kappa shape index (κ2) is 5.04. The van der Waals surface area contributed by atoms with Crippen LogP contribution in [-0.4, -0.2) is 36.6 Å². The summed E-state index contributed by atoms with van der Waals surface area (Å²) in [5, 5.41) is 3.75. The predicted octanol–water partition coefficient (Wildman–Crippen LogP) is 3.17. The number of nitrogens with one attached hydrogen (secondary N) is 1. The lowest BCUT2D eigenvalue weighted by Gasteiger charge is -2.49. The van der Waals surface area contributed by atoms with E-state index in [-0.39, 0.29) is 0 Å². The lowest BCUT2D eigenvalue weighted by Crippen LogP contribution is -2.54. The van der Waals surface area contributed by atoms with Crippen molar-refractivity contribution in [3.05, 3.63) is 0 Å². The molecule has 19 heavy (non-hydrogen) atoms. The molecule has 4 aliphatic rings. The van der Waals surface area contributed by atoms with Crippen molar-refractivity contribution in [2.24, 2.45) is 11.3 Å². The normalized spacial score (nSPS) is 38.5. The van der Waals surface area contributed by atoms with Gasteiger partial charge in [0, 0.05) is 12.1 Å². The van der Waals surface area contributed by atoms with Crippen molar-refractivity contribution in [2.75, 3.05) is 19.6 Å². The van der Waals surface area contributed by atoms with Crippen LogP contribution in [0.1, 0.15) is 64.2 Å². The molecule has 1 saturated heterocycles. The summed E-state index contributed by atoms with van der Waals surface area (Å²) in [7, 11) is 0. The molecule has 0 bridgehead atoms. The van der Waals surface area contributed by atoms with Gasteiger partial charge in [-0.05, 0) is 82.3 Å². The monoisotopic (exact) mass is 262 g/mol. The van der Waals surface area contributed by atoms with Crippen molar-refractivity contribution < 1.29 is 0 Å². The van der Waals surface area contributed by atoms with Gasteiger partial charge in [-0.25, -0.2) is 0 Å². The van der Waals surface area contributed by atoms with E-state index in [2.05, 4.69) is 10.2 Å². The summed E-state index contributed by atoms with van der Waals surface area (Å²) in [6, 6.07) is 1.83. The van der Waals surface area contributed by atoms with Gasteiger partial charge in [0.15, 0.2) is 0 Å². The van der Waals surface area contributed by atoms with Crippen LogP contribution in [0.15, 0.2) is 0 Å². The number of hydrogen-bond donors (Lipinski definition) is 1. The highest BCUT2D eigenvalue weighted by molar-refractivity contribution is 4.96. The van der Waals surface area contributed by atoms with Gasteiger partial charge in [0.25, 0.3) is 0 Å². The maximum absolute atomic E-state index is 3.75. The third kappa shape index (κ3) is 2.58. The Hall–Kier alpha value is -0.0800. The molecule has 1 N–H and O–H groups in total. The third-order valence-corrected chi connectivity index (χ3v) is 6.62. The predicted molar refractivity (Wildman–Crippen MR) is 79.2 cm³/mol. The third-order valence-electron chi connectivity index (χ3n) is 6.62. The van der Waals surface area contributed by atoms with Crippen molar-refractivity contribution in [3.63, 3.8) is 0 Å². The Labute approximate surface area is 118 Å². The van der Waals surface area contributed by atoms with E-state index in [1.54, 1.807) is 0 Å². The average molecular weight is 262 g/mol. The van der Waals surface area contributed by atoms with E-state index >= 15 is 0 Å². The van der Waals surface area contributed by atoms with Gasteiger partial charge >= 0.3 is 0 Å². The fourth-order valence-electron chi connectivity index (χ4n) is 4.83. The molecule has 0 radical (unpaired) electrons. The molecule has 0 amide bonds. The van der Waals surface area contributed by atoms with Gasteiger partial charge in [0.1, 0.15) is 0 Å². The summed E-state index contributed by atoms with van der Waals surface area (Å²) in [5.74, 6) is 0.971. The minimum Gasteiger partial charge on any atom is -0.314 e. The van der Waals surface area contributed by atoms with Gasteiger partial charge in [0.2, 0.25) is 0 Å². The Morgan fingerprint density at radius 3 is 2.21 bits per heavy atom. The Morgan fingerprint density at radius 2 is 1.63 bits per heavy atom. The zero-order valence-electron chi connectivity index (χ0n) is 12.4. The molecule has 0 aromatic carbocycles. The fourth-order valence-corrected chi connectivity index (χ4v) is 4.83. The molecule has 0 aromatic rings. The maximum Gasteiger partial charge on any atom is 0.0136 e. The zero-order valence-corrected chi connectivity index (χ0v) is 12.4. The molecule has 4 fully saturated rings. The van der Waals surface area contributed by atoms with Crippen LogP contribution in [0.2, 0.25) is 0 Å². The first-order valence-electron chi connectivity index (χ1n) is 8.82. The van der Waals surface area contributed by atoms with Crippen LogP contribution in [0.5, 0.6) is 0 Å². The number of likely N-dealkylation sites (tertiary alicyclic amines) is 1. The Kier molecular flexibility index (Phi) is 3.35. The van der Waals surface area contributed by atoms with Gasteiger partial charge in [-0.1, -0.05) is 12.8 Å². The molecule has 108 valence electrons. The van der Waals surface area contributed by atoms with Crippen LogP contribution >= 0.6 is 0 Å². The van der Waals surface area contributed by atoms with E-state index in [0.717, 1.165) is 23.4 Å². The van der Waals surface area contributed by atoms with Crippen molar-refractivity contribution in [1.82, 2.24) is 10.2 Å². The molecule has 1 heterocycles. The second-order valence-corrected chi connectivity index (χ2v) is 7.83. The summed E-state index contributed by atoms with van der Waals surface area (Å²) in [4.78, 5) is 2.85. The Balaban J connectivity index is 1.26. The van der Waals surface area contributed by atoms with Crippen molar-refractivity contribution in [2.45, 2.75) is 76.3 Å². The van der Waals surface area contributed by atoms with E-state index in [1.807, 2.05) is 0 Å². The highest BCUT2D eigenvalue weighted by Gasteiger charge is 2.42. The van der Waals surface area contributed by atoms with E-state index < -0.39 is 0 Å². The topological polar surface area (TPSA) is 15.3 Å². The van der Waals surface area contributed by atoms with Gasteiger partial charge in [-0.3, -0.25) is 0 Å². The largest absolute Gasteiger partial charge is 0.314 e. The highest BCUT2D eigenvalue weighted by atomic mass is 15.2. The Morgan fingerprint density at radius 1 is 0.895 bits per heavy atom. The van der Waals surface area contributed by atoms with Crippen LogP contribution in [0.3, 0.4) is 0 Å². The first-order chi connectivity index (χ1) is 9.35. The van der Waals surface area contributed by atoms with Crippen LogP contribution in [0.4, 0.5) is 0 Å². The Bertz CT molecular complexity index is 307. The van der Waals surface area contributed by atoms with E-state index in [1.165, 1.54) is 83.8 Å². The quantitative estimate of drug-likeness (QED) is 0.837. The number of hydrogen-bond acceptors (Lipinski definition) is 2. The summed E-state index contributed by atoms with van der Waals surface area (Å²) in [6.45, 7) is 4.12. The zero-order chi connectivity index (χ0) is 12.7. The molecular formula is C17H30N2. The van der Waals surface area contributed by atoms with E-state index in [4.69, 9.17) is 0 Å². The highest BCUT2D eigenvalue weighted by Crippen LogP contribution is 2.47. The first-order valence-corrected chi connectivity index (χ1v) is 8.82. The van der Waals surface area contributed by atoms with Crippen molar-refractivity contribution >= 4 is 0 Å². The molecule has 3 aliphatic carbocycles. The van der Waals surface area contributed by atoms with Gasteiger partial charge in [-0.15, -0.1) is 0 Å². The number of piperidine rings is 1. The maximum atomic E-state index is 3.75. The molecule has 1 aliphatic heterocycles. The van der Waals surface area contributed by atoms with Crippen LogP contribution < -0.4 is 5.32 Å². The molecule has 2 unspecified atom stereocenters. The average Bonchev–Trinajstić information content (AvgIpc) is 3.11. The molecule has 0 aromatic heterocycles. The molecule has 2 atom stereocenters. The minimum absolute atomic E-state index is 0.794. The molecule has 4 rings (SSSR count). The second-order valence-electron chi connectivity index (χ2n) is 7.83. The lowest BCUT2D eigenvalue weighted by molar-refractivity contribution is 0.00960. The molecule has 3 saturated carbocycles. The van der Waals surface area contributed by atoms with Crippen molar-refractivity contribution in [3.8, 4) is 0 Å². The SMILES string of the molecule is C1CCC2(C1)CCN(C1CCC1CNC1CC1)CC2. The molecule has 2 nitrogen and oxygen atoms in total. The fraction of sp³-hybridized carbons (Fsp3) is 1.00. The van der Waals surface area contributed by atoms with Gasteiger partial charge < -0.3 is 10.2 Å². The van der Waals surface area contributed by atoms with Crippen LogP contribution in [-0.2, 0) is 0 Å². The first kappa shape index (κ1) is 12.6. The van der Waals surface area contributed by atoms with E-state index in [9.17, 15) is 0 Å². The summed E-state index contributed by atoms with van der Waals surface area (Å²) in [6.07, 6.45) is 14.9. The summed E-state index contributed by atoms with van der Waals surface area (Å²) >= 11 is 0. The molecular weight excluding hydrogens is 232 g/mol. The number of rotatable bonds is 4. The smallest absolute Gasteiger partial charge is 0.0136 e. The lowest BCUT2D eigenvalue weighted by atomic mass is 9.73. The number of nitrogens with zero attached hydrogens (tertiary/aromatic N) is 1. The van der Waals surface area contributed by atoms with Crippen LogP contribution in [0.25, 0.3) is 0 Å². The summed E-state index contributed by atoms with van der Waals surface area (Å²) in [5.41, 5.74) is 0.794. The van der Waals surface area contributed by atoms with E-state index in [0.29, 0.717) is 0 Å². The minimum atomic E-state index is 0.794. The van der Waals surface area contributed by atoms with Gasteiger partial charge in [0.05, 0.1) is 0 Å². The summed E-state index contributed by atoms with van der Waals surface area (Å²) < 4.78 is 0. The molecule has 2 heteroatoms. The molecule has 1 spiro atoms. The van der Waals surface area contributed by atoms with Crippen LogP contribution in [0, 0.1) is 11.3 Å².